The Kier molecular flexibility index (Phi) is 26.2. The Morgan fingerprint density at radius 3 is 1.51 bits per heavy atom. The number of nitrogens with two attached hydrogens (primary N) is 2. The number of rotatable bonds is 28. The van der Waals surface area contributed by atoms with Crippen LogP contribution in [0.3, 0.4) is 0 Å². The molecule has 0 aliphatic carbocycles. The van der Waals surface area contributed by atoms with Gasteiger partial charge in [-0.25, -0.2) is 9.59 Å². The molecule has 1 aliphatic rings. The van der Waals surface area contributed by atoms with Gasteiger partial charge >= 0.3 is 18.1 Å². The number of carboxylic acids is 2. The van der Waals surface area contributed by atoms with Crippen molar-refractivity contribution in [3.63, 3.8) is 0 Å². The number of aliphatic hydroxyl groups excluding tert-OH is 1. The molecule has 1 heterocycles. The Morgan fingerprint density at radius 2 is 1.04 bits per heavy atom. The number of alkyl halides is 3. The summed E-state index contributed by atoms with van der Waals surface area (Å²) in [6.45, 7) is -0.143. The molecule has 1 fully saturated rings. The number of halogens is 3. The summed E-state index contributed by atoms with van der Waals surface area (Å²) >= 11 is 0. The standard InChI is InChI=1S/C54H66N10O13.C2HF3O2/c1-32(47(69)60-41(28-34-14-7-3-8-15-34)51(73)63-43(31-65)54(76)77)58-50(72)40(27-33-12-5-2-6-13-33)61-49(71)39(23-24-45(56)67)59-46(68)30-57-52(74)44-18-11-25-64(44)53(75)42(29-35-16-9-4-10-17-35)62-48(70)38(55)26-36-19-21-37(66)22-20-36;3-2(4,5)1(6)7/h2-10,12-17,19-22,32,38-44,65-66H,11,18,23-31,55H2,1H3,(H2,56,67)(H,57,74)(H,58,72)(H,59,68)(H,60,69)(H,61,71)(H,62,70)(H,63,73)(H,76,77);(H,6,7)/t32-,38-,39-,40-,41-,42-,43-,44-;/m0./s1. The van der Waals surface area contributed by atoms with Gasteiger partial charge < -0.3 is 74.0 Å². The van der Waals surface area contributed by atoms with Gasteiger partial charge in [-0.05, 0) is 67.0 Å². The van der Waals surface area contributed by atoms with Crippen molar-refractivity contribution in [2.75, 3.05) is 19.7 Å². The third kappa shape index (κ3) is 22.5. The first-order chi connectivity index (χ1) is 39.7. The molecular formula is C56H67F3N10O15. The molecule has 8 atom stereocenters. The molecule has 5 rings (SSSR count). The van der Waals surface area contributed by atoms with Gasteiger partial charge in [-0.3, -0.25) is 43.2 Å². The number of primary amides is 1. The first-order valence-corrected chi connectivity index (χ1v) is 26.2. The highest BCUT2D eigenvalue weighted by molar-refractivity contribution is 5.98. The van der Waals surface area contributed by atoms with Gasteiger partial charge in [0, 0.05) is 32.2 Å². The van der Waals surface area contributed by atoms with Crippen LogP contribution in [-0.2, 0) is 78.4 Å². The number of likely N-dealkylation sites (tertiary alicyclic amines) is 1. The molecule has 0 bridgehead atoms. The van der Waals surface area contributed by atoms with Crippen molar-refractivity contribution in [2.45, 2.75) is 113 Å². The molecule has 1 aliphatic heterocycles. The number of aromatic hydroxyl groups is 1. The Balaban J connectivity index is 0.00000203. The van der Waals surface area contributed by atoms with Crippen LogP contribution in [0.2, 0.25) is 0 Å². The molecule has 15 N–H and O–H groups in total. The number of hydrogen-bond acceptors (Lipinski definition) is 14. The zero-order valence-electron chi connectivity index (χ0n) is 45.4. The highest BCUT2D eigenvalue weighted by atomic mass is 19.4. The van der Waals surface area contributed by atoms with Crippen LogP contribution >= 0.6 is 0 Å². The summed E-state index contributed by atoms with van der Waals surface area (Å²) < 4.78 is 31.7. The number of benzene rings is 4. The summed E-state index contributed by atoms with van der Waals surface area (Å²) in [7, 11) is 0. The van der Waals surface area contributed by atoms with Crippen molar-refractivity contribution in [3.05, 3.63) is 138 Å². The van der Waals surface area contributed by atoms with Gasteiger partial charge in [-0.1, -0.05) is 103 Å². The number of nitrogens with zero attached hydrogens (tertiary/aromatic N) is 1. The fraction of sp³-hybridized carbons (Fsp3) is 0.375. The largest absolute Gasteiger partial charge is 0.508 e. The number of aliphatic hydroxyl groups is 1. The average Bonchev–Trinajstić information content (AvgIpc) is 3.84. The van der Waals surface area contributed by atoms with Gasteiger partial charge in [-0.15, -0.1) is 0 Å². The van der Waals surface area contributed by atoms with E-state index in [1.54, 1.807) is 103 Å². The Bertz CT molecular complexity index is 2910. The van der Waals surface area contributed by atoms with Crippen LogP contribution in [0.15, 0.2) is 115 Å². The normalized spacial score (nSPS) is 15.3. The fourth-order valence-electron chi connectivity index (χ4n) is 8.42. The molecule has 0 radical (unpaired) electrons. The highest BCUT2D eigenvalue weighted by Crippen LogP contribution is 2.21. The van der Waals surface area contributed by atoms with E-state index in [-0.39, 0.29) is 57.2 Å². The summed E-state index contributed by atoms with van der Waals surface area (Å²) in [5.41, 5.74) is 14.2. The minimum Gasteiger partial charge on any atom is -0.508 e. The molecule has 0 saturated carbocycles. The van der Waals surface area contributed by atoms with Crippen LogP contribution in [0.5, 0.6) is 5.75 Å². The fourth-order valence-corrected chi connectivity index (χ4v) is 8.42. The van der Waals surface area contributed by atoms with Gasteiger partial charge in [-0.2, -0.15) is 13.2 Å². The molecule has 28 heteroatoms. The second-order valence-electron chi connectivity index (χ2n) is 19.4. The van der Waals surface area contributed by atoms with E-state index in [1.165, 1.54) is 24.0 Å². The van der Waals surface area contributed by atoms with Gasteiger partial charge in [0.1, 0.15) is 48.0 Å². The monoisotopic (exact) mass is 1180 g/mol. The summed E-state index contributed by atoms with van der Waals surface area (Å²) in [5, 5.41) is 53.3. The highest BCUT2D eigenvalue weighted by Gasteiger charge is 2.40. The lowest BCUT2D eigenvalue weighted by atomic mass is 10.0. The minimum absolute atomic E-state index is 0.0434. The second-order valence-corrected chi connectivity index (χ2v) is 19.4. The molecule has 9 amide bonds. The van der Waals surface area contributed by atoms with Crippen LogP contribution in [0.4, 0.5) is 13.2 Å². The van der Waals surface area contributed by atoms with E-state index in [2.05, 4.69) is 37.2 Å². The number of phenolic OH excluding ortho intramolecular Hbond substituents is 1. The Morgan fingerprint density at radius 1 is 0.595 bits per heavy atom. The maximum Gasteiger partial charge on any atom is 0.490 e. The van der Waals surface area contributed by atoms with Crippen molar-refractivity contribution in [2.24, 2.45) is 11.5 Å². The zero-order chi connectivity index (χ0) is 62.1. The van der Waals surface area contributed by atoms with Gasteiger partial charge in [0.15, 0.2) is 0 Å². The molecule has 0 unspecified atom stereocenters. The lowest BCUT2D eigenvalue weighted by molar-refractivity contribution is -0.192. The van der Waals surface area contributed by atoms with E-state index >= 15 is 0 Å². The quantitative estimate of drug-likeness (QED) is 0.0324. The van der Waals surface area contributed by atoms with E-state index in [4.69, 9.17) is 21.4 Å². The average molecular weight is 1180 g/mol. The van der Waals surface area contributed by atoms with Crippen LogP contribution in [0.25, 0.3) is 0 Å². The predicted octanol–water partition coefficient (Wildman–Crippen LogP) is -0.998. The van der Waals surface area contributed by atoms with Crippen molar-refractivity contribution >= 4 is 65.1 Å². The molecule has 4 aromatic carbocycles. The predicted molar refractivity (Wildman–Crippen MR) is 292 cm³/mol. The van der Waals surface area contributed by atoms with E-state index in [0.717, 1.165) is 5.56 Å². The number of hydrogen-bond donors (Lipinski definition) is 13. The number of aliphatic carboxylic acids is 2. The molecule has 0 spiro atoms. The SMILES string of the molecule is C[C@H](NC(=O)[C@H](Cc1ccccc1)NC(=O)[C@H](CCC(N)=O)NC(=O)CNC(=O)[C@@H]1CCCN1C(=O)[C@H](Cc1ccccc1)NC(=O)[C@@H](N)Cc1ccc(O)cc1)C(=O)N[C@@H](Cc1ccccc1)C(=O)N[C@@H](CO)C(=O)O.O=C(O)C(F)(F)F. The Hall–Kier alpha value is -9.44. The van der Waals surface area contributed by atoms with Crippen molar-refractivity contribution in [3.8, 4) is 5.75 Å². The van der Waals surface area contributed by atoms with Gasteiger partial charge in [0.25, 0.3) is 0 Å². The lowest BCUT2D eigenvalue weighted by Crippen LogP contribution is -2.59. The number of phenols is 1. The molecule has 0 aromatic heterocycles. The molecule has 452 valence electrons. The molecular weight excluding hydrogens is 1110 g/mol. The molecule has 4 aromatic rings. The summed E-state index contributed by atoms with van der Waals surface area (Å²) in [6, 6.07) is 21.5. The van der Waals surface area contributed by atoms with Gasteiger partial charge in [0.05, 0.1) is 19.2 Å². The minimum atomic E-state index is -5.08. The topological polar surface area (TPSA) is 408 Å². The number of amides is 9. The zero-order valence-corrected chi connectivity index (χ0v) is 45.4. The van der Waals surface area contributed by atoms with Crippen LogP contribution in [0, 0.1) is 0 Å². The maximum atomic E-state index is 14.3. The van der Waals surface area contributed by atoms with E-state index in [9.17, 15) is 76.4 Å². The first-order valence-electron chi connectivity index (χ1n) is 26.2. The number of carboxylic acid groups (broad SMARTS) is 2. The number of carbonyl (C=O) groups is 11. The summed E-state index contributed by atoms with van der Waals surface area (Å²) in [4.78, 5) is 144. The van der Waals surface area contributed by atoms with Crippen LogP contribution < -0.4 is 48.7 Å². The summed E-state index contributed by atoms with van der Waals surface area (Å²) in [5.74, 6) is -11.4. The summed E-state index contributed by atoms with van der Waals surface area (Å²) in [6.07, 6.45) is -5.20. The third-order valence-electron chi connectivity index (χ3n) is 12.8. The first kappa shape index (κ1) is 67.1. The molecule has 25 nitrogen and oxygen atoms in total. The van der Waals surface area contributed by atoms with Crippen molar-refractivity contribution in [1.29, 1.82) is 0 Å². The smallest absolute Gasteiger partial charge is 0.490 e. The number of carbonyl (C=O) groups excluding carboxylic acids is 9. The maximum absolute atomic E-state index is 14.3. The van der Waals surface area contributed by atoms with E-state index in [0.29, 0.717) is 23.1 Å². The molecule has 1 saturated heterocycles. The van der Waals surface area contributed by atoms with Crippen molar-refractivity contribution < 1.29 is 86.3 Å². The van der Waals surface area contributed by atoms with E-state index in [1.807, 2.05) is 0 Å². The van der Waals surface area contributed by atoms with E-state index < -0.39 is 133 Å². The second kappa shape index (κ2) is 32.9. The van der Waals surface area contributed by atoms with Crippen LogP contribution in [-0.4, -0.2) is 165 Å². The lowest BCUT2D eigenvalue weighted by Gasteiger charge is -2.29. The molecule has 84 heavy (non-hydrogen) atoms. The number of nitrogens with one attached hydrogen (secondary N) is 7. The third-order valence-corrected chi connectivity index (χ3v) is 12.8. The Labute approximate surface area is 479 Å². The van der Waals surface area contributed by atoms with Gasteiger partial charge in [0.2, 0.25) is 53.2 Å². The van der Waals surface area contributed by atoms with Crippen LogP contribution in [0.1, 0.15) is 54.9 Å². The van der Waals surface area contributed by atoms with Crippen molar-refractivity contribution in [1.82, 2.24) is 42.1 Å².